The molecular formula is C11H9BrN2O4. The molecule has 94 valence electrons. The summed E-state index contributed by atoms with van der Waals surface area (Å²) in [5.74, 6) is 0.0334. The van der Waals surface area contributed by atoms with Crippen LogP contribution in [0.4, 0.5) is 5.88 Å². The first kappa shape index (κ1) is 12.6. The van der Waals surface area contributed by atoms with Crippen molar-refractivity contribution >= 4 is 21.8 Å². The standard InChI is InChI=1S/C11H9BrN2O4/c1-7-4-8(12)5-13(11(7)15)6-9-2-3-10(18-9)14(16)17/h2-5H,6H2,1H3. The van der Waals surface area contributed by atoms with E-state index in [0.29, 0.717) is 11.3 Å². The zero-order valence-corrected chi connectivity index (χ0v) is 11.0. The van der Waals surface area contributed by atoms with E-state index in [1.54, 1.807) is 19.2 Å². The lowest BCUT2D eigenvalue weighted by molar-refractivity contribution is -0.402. The van der Waals surface area contributed by atoms with E-state index in [1.165, 1.54) is 16.7 Å². The fourth-order valence-corrected chi connectivity index (χ4v) is 2.17. The van der Waals surface area contributed by atoms with Gasteiger partial charge in [0.05, 0.1) is 12.6 Å². The molecule has 0 amide bonds. The van der Waals surface area contributed by atoms with Crippen LogP contribution >= 0.6 is 15.9 Å². The van der Waals surface area contributed by atoms with Crippen molar-refractivity contribution in [1.82, 2.24) is 4.57 Å². The Morgan fingerprint density at radius 2 is 2.22 bits per heavy atom. The van der Waals surface area contributed by atoms with E-state index in [9.17, 15) is 14.9 Å². The lowest BCUT2D eigenvalue weighted by atomic mass is 10.3. The molecule has 2 heterocycles. The number of aryl methyl sites for hydroxylation is 1. The third-order valence-corrected chi connectivity index (χ3v) is 2.82. The Morgan fingerprint density at radius 1 is 1.50 bits per heavy atom. The minimum Gasteiger partial charge on any atom is -0.404 e. The molecule has 0 bridgehead atoms. The van der Waals surface area contributed by atoms with E-state index in [-0.39, 0.29) is 18.0 Å². The minimum absolute atomic E-state index is 0.155. The number of aromatic nitrogens is 1. The smallest absolute Gasteiger partial charge is 0.404 e. The molecule has 0 saturated carbocycles. The molecule has 0 unspecified atom stereocenters. The summed E-state index contributed by atoms with van der Waals surface area (Å²) < 4.78 is 7.21. The highest BCUT2D eigenvalue weighted by Gasteiger charge is 2.12. The average Bonchev–Trinajstić information content (AvgIpc) is 2.74. The Hall–Kier alpha value is -1.89. The fraction of sp³-hybridized carbons (Fsp3) is 0.182. The van der Waals surface area contributed by atoms with Crippen LogP contribution < -0.4 is 5.56 Å². The number of nitro groups is 1. The lowest BCUT2D eigenvalue weighted by Gasteiger charge is -2.05. The van der Waals surface area contributed by atoms with Gasteiger partial charge >= 0.3 is 5.88 Å². The fourth-order valence-electron chi connectivity index (χ4n) is 1.57. The molecule has 0 saturated heterocycles. The number of pyridine rings is 1. The number of hydrogen-bond donors (Lipinski definition) is 0. The van der Waals surface area contributed by atoms with Gasteiger partial charge in [-0.25, -0.2) is 0 Å². The van der Waals surface area contributed by atoms with Crippen molar-refractivity contribution in [3.63, 3.8) is 0 Å². The predicted molar refractivity (Wildman–Crippen MR) is 67.6 cm³/mol. The van der Waals surface area contributed by atoms with Crippen LogP contribution in [0.3, 0.4) is 0 Å². The maximum absolute atomic E-state index is 11.8. The van der Waals surface area contributed by atoms with E-state index in [0.717, 1.165) is 4.47 Å². The monoisotopic (exact) mass is 312 g/mol. The number of hydrogen-bond acceptors (Lipinski definition) is 4. The molecular weight excluding hydrogens is 304 g/mol. The molecule has 2 rings (SSSR count). The first-order chi connectivity index (χ1) is 8.47. The molecule has 0 aliphatic rings. The van der Waals surface area contributed by atoms with Gasteiger partial charge in [0, 0.05) is 16.2 Å². The van der Waals surface area contributed by atoms with Crippen LogP contribution in [-0.2, 0) is 6.54 Å². The van der Waals surface area contributed by atoms with Crippen molar-refractivity contribution in [2.24, 2.45) is 0 Å². The molecule has 7 heteroatoms. The summed E-state index contributed by atoms with van der Waals surface area (Å²) in [4.78, 5) is 21.7. The number of furan rings is 1. The van der Waals surface area contributed by atoms with Gasteiger partial charge in [0.2, 0.25) is 0 Å². The van der Waals surface area contributed by atoms with Crippen LogP contribution in [0.1, 0.15) is 11.3 Å². The van der Waals surface area contributed by atoms with Crippen LogP contribution in [-0.4, -0.2) is 9.49 Å². The Balaban J connectivity index is 2.34. The summed E-state index contributed by atoms with van der Waals surface area (Å²) in [6.45, 7) is 1.86. The summed E-state index contributed by atoms with van der Waals surface area (Å²) in [5, 5.41) is 10.5. The molecule has 0 radical (unpaired) electrons. The SMILES string of the molecule is Cc1cc(Br)cn(Cc2ccc([N+](=O)[O-])o2)c1=O. The van der Waals surface area contributed by atoms with Crippen molar-refractivity contribution in [3.8, 4) is 0 Å². The minimum atomic E-state index is -0.613. The molecule has 18 heavy (non-hydrogen) atoms. The van der Waals surface area contributed by atoms with Crippen LogP contribution in [0.5, 0.6) is 0 Å². The van der Waals surface area contributed by atoms with Crippen LogP contribution in [0.15, 0.2) is 38.1 Å². The lowest BCUT2D eigenvalue weighted by Crippen LogP contribution is -2.21. The normalized spacial score (nSPS) is 10.6. The molecule has 0 atom stereocenters. The topological polar surface area (TPSA) is 78.3 Å². The molecule has 0 N–H and O–H groups in total. The van der Waals surface area contributed by atoms with Crippen molar-refractivity contribution in [3.05, 3.63) is 60.7 Å². The number of nitrogens with zero attached hydrogens (tertiary/aromatic N) is 2. The summed E-state index contributed by atoms with van der Waals surface area (Å²) in [6.07, 6.45) is 1.61. The second kappa shape index (κ2) is 4.77. The van der Waals surface area contributed by atoms with Gasteiger partial charge in [-0.1, -0.05) is 0 Å². The zero-order chi connectivity index (χ0) is 13.3. The van der Waals surface area contributed by atoms with Crippen molar-refractivity contribution < 1.29 is 9.34 Å². The van der Waals surface area contributed by atoms with Crippen molar-refractivity contribution in [1.29, 1.82) is 0 Å². The van der Waals surface area contributed by atoms with Crippen LogP contribution in [0.2, 0.25) is 0 Å². The molecule has 0 aromatic carbocycles. The summed E-state index contributed by atoms with van der Waals surface area (Å²) in [5.41, 5.74) is 0.433. The maximum atomic E-state index is 11.8. The van der Waals surface area contributed by atoms with Gasteiger partial charge in [-0.05, 0) is 35.0 Å². The Bertz CT molecular complexity index is 659. The molecule has 0 spiro atoms. The largest absolute Gasteiger partial charge is 0.433 e. The van der Waals surface area contributed by atoms with E-state index in [1.807, 2.05) is 0 Å². The summed E-state index contributed by atoms with van der Waals surface area (Å²) >= 11 is 3.29. The van der Waals surface area contributed by atoms with E-state index in [2.05, 4.69) is 15.9 Å². The highest BCUT2D eigenvalue weighted by Crippen LogP contribution is 2.17. The molecule has 2 aromatic rings. The van der Waals surface area contributed by atoms with Gasteiger partial charge < -0.3 is 8.98 Å². The molecule has 0 aliphatic carbocycles. The predicted octanol–water partition coefficient (Wildman–Crippen LogP) is 2.47. The third kappa shape index (κ3) is 2.51. The van der Waals surface area contributed by atoms with Gasteiger partial charge in [0.25, 0.3) is 5.56 Å². The Labute approximate surface area is 110 Å². The van der Waals surface area contributed by atoms with Gasteiger partial charge in [-0.2, -0.15) is 0 Å². The molecule has 6 nitrogen and oxygen atoms in total. The summed E-state index contributed by atoms with van der Waals surface area (Å²) in [6, 6.07) is 4.47. The maximum Gasteiger partial charge on any atom is 0.433 e. The first-order valence-corrected chi connectivity index (χ1v) is 5.86. The summed E-state index contributed by atoms with van der Waals surface area (Å²) in [7, 11) is 0. The number of rotatable bonds is 3. The first-order valence-electron chi connectivity index (χ1n) is 5.07. The molecule has 2 aromatic heterocycles. The molecule has 0 aliphatic heterocycles. The zero-order valence-electron chi connectivity index (χ0n) is 9.42. The second-order valence-corrected chi connectivity index (χ2v) is 4.69. The van der Waals surface area contributed by atoms with Crippen LogP contribution in [0.25, 0.3) is 0 Å². The second-order valence-electron chi connectivity index (χ2n) is 3.77. The van der Waals surface area contributed by atoms with Crippen molar-refractivity contribution in [2.75, 3.05) is 0 Å². The van der Waals surface area contributed by atoms with Gasteiger partial charge in [-0.3, -0.25) is 14.9 Å². The number of halogens is 1. The van der Waals surface area contributed by atoms with Gasteiger partial charge in [-0.15, -0.1) is 0 Å². The van der Waals surface area contributed by atoms with Gasteiger partial charge in [0.15, 0.2) is 0 Å². The third-order valence-electron chi connectivity index (χ3n) is 2.39. The van der Waals surface area contributed by atoms with Crippen LogP contribution in [0, 0.1) is 17.0 Å². The Morgan fingerprint density at radius 3 is 2.83 bits per heavy atom. The quantitative estimate of drug-likeness (QED) is 0.644. The van der Waals surface area contributed by atoms with Gasteiger partial charge in [0.1, 0.15) is 10.7 Å². The highest BCUT2D eigenvalue weighted by molar-refractivity contribution is 9.10. The van der Waals surface area contributed by atoms with E-state index >= 15 is 0 Å². The van der Waals surface area contributed by atoms with Crippen molar-refractivity contribution in [2.45, 2.75) is 13.5 Å². The van der Waals surface area contributed by atoms with E-state index in [4.69, 9.17) is 4.42 Å². The molecule has 0 fully saturated rings. The Kier molecular flexibility index (Phi) is 3.33. The highest BCUT2D eigenvalue weighted by atomic mass is 79.9. The average molecular weight is 313 g/mol. The van der Waals surface area contributed by atoms with E-state index < -0.39 is 4.92 Å².